The minimum Gasteiger partial charge on any atom is -0.489 e. The molecule has 1 heterocycles. The van der Waals surface area contributed by atoms with Gasteiger partial charge in [-0.2, -0.15) is 0 Å². The summed E-state index contributed by atoms with van der Waals surface area (Å²) in [5.41, 5.74) is 7.19. The Morgan fingerprint density at radius 3 is 2.70 bits per heavy atom. The molecule has 110 valence electrons. The maximum absolute atomic E-state index is 6.04. The van der Waals surface area contributed by atoms with E-state index in [1.54, 1.807) is 0 Å². The highest BCUT2D eigenvalue weighted by Gasteiger charge is 2.12. The van der Waals surface area contributed by atoms with Crippen LogP contribution in [0.1, 0.15) is 31.7 Å². The van der Waals surface area contributed by atoms with E-state index in [0.717, 1.165) is 24.4 Å². The first kappa shape index (κ1) is 14.7. The van der Waals surface area contributed by atoms with Crippen molar-refractivity contribution in [3.05, 3.63) is 29.8 Å². The van der Waals surface area contributed by atoms with Gasteiger partial charge in [0.1, 0.15) is 11.9 Å². The van der Waals surface area contributed by atoms with Gasteiger partial charge in [0.25, 0.3) is 0 Å². The summed E-state index contributed by atoms with van der Waals surface area (Å²) in [6.45, 7) is 6.73. The molecule has 1 aliphatic heterocycles. The lowest BCUT2D eigenvalue weighted by molar-refractivity contribution is 0.227. The van der Waals surface area contributed by atoms with Gasteiger partial charge < -0.3 is 15.4 Å². The van der Waals surface area contributed by atoms with Gasteiger partial charge in [-0.15, -0.1) is 0 Å². The van der Waals surface area contributed by atoms with Crippen LogP contribution in [-0.4, -0.2) is 36.6 Å². The number of ether oxygens (including phenoxy) is 1. The molecule has 1 saturated heterocycles. The van der Waals surface area contributed by atoms with Crippen LogP contribution in [0.2, 0.25) is 0 Å². The number of nitrogens with zero attached hydrogens (tertiary/aromatic N) is 2. The molecule has 0 saturated carbocycles. The molecule has 0 aromatic heterocycles. The Balaban J connectivity index is 1.85. The molecule has 0 radical (unpaired) electrons. The van der Waals surface area contributed by atoms with Gasteiger partial charge in [-0.25, -0.2) is 4.99 Å². The highest BCUT2D eigenvalue weighted by molar-refractivity contribution is 5.78. The smallest absolute Gasteiger partial charge is 0.191 e. The van der Waals surface area contributed by atoms with Gasteiger partial charge in [0.15, 0.2) is 5.96 Å². The lowest BCUT2D eigenvalue weighted by atomic mass is 10.1. The first-order valence-electron chi connectivity index (χ1n) is 7.44. The van der Waals surface area contributed by atoms with Gasteiger partial charge in [-0.1, -0.05) is 18.2 Å². The van der Waals surface area contributed by atoms with Crippen molar-refractivity contribution in [1.29, 1.82) is 0 Å². The van der Waals surface area contributed by atoms with Crippen LogP contribution in [0, 0.1) is 6.92 Å². The first-order valence-corrected chi connectivity index (χ1v) is 7.44. The summed E-state index contributed by atoms with van der Waals surface area (Å²) in [5.74, 6) is 1.58. The summed E-state index contributed by atoms with van der Waals surface area (Å²) >= 11 is 0. The Bertz CT molecular complexity index is 453. The Kier molecular flexibility index (Phi) is 5.27. The molecule has 1 atom stereocenters. The molecule has 2 rings (SSSR count). The van der Waals surface area contributed by atoms with Gasteiger partial charge in [0, 0.05) is 13.1 Å². The zero-order chi connectivity index (χ0) is 14.4. The average Bonchev–Trinajstić information content (AvgIpc) is 2.48. The molecule has 0 aliphatic carbocycles. The Morgan fingerprint density at radius 1 is 1.30 bits per heavy atom. The van der Waals surface area contributed by atoms with Crippen molar-refractivity contribution >= 4 is 5.96 Å². The molecule has 4 heteroatoms. The van der Waals surface area contributed by atoms with E-state index < -0.39 is 0 Å². The van der Waals surface area contributed by atoms with Gasteiger partial charge in [0.2, 0.25) is 0 Å². The zero-order valence-corrected chi connectivity index (χ0v) is 12.5. The topological polar surface area (TPSA) is 50.9 Å². The van der Waals surface area contributed by atoms with Crippen molar-refractivity contribution in [2.24, 2.45) is 10.7 Å². The number of rotatable bonds is 4. The highest BCUT2D eigenvalue weighted by Crippen LogP contribution is 2.17. The third-order valence-electron chi connectivity index (χ3n) is 3.61. The van der Waals surface area contributed by atoms with Crippen molar-refractivity contribution in [2.45, 2.75) is 39.2 Å². The summed E-state index contributed by atoms with van der Waals surface area (Å²) in [4.78, 5) is 6.64. The second kappa shape index (κ2) is 7.17. The molecule has 1 aromatic carbocycles. The van der Waals surface area contributed by atoms with Gasteiger partial charge >= 0.3 is 0 Å². The maximum atomic E-state index is 6.04. The maximum Gasteiger partial charge on any atom is 0.191 e. The average molecular weight is 275 g/mol. The van der Waals surface area contributed by atoms with Crippen LogP contribution < -0.4 is 10.5 Å². The number of aryl methyl sites for hydroxylation is 1. The number of piperidine rings is 1. The van der Waals surface area contributed by atoms with Crippen LogP contribution in [0.5, 0.6) is 5.75 Å². The summed E-state index contributed by atoms with van der Waals surface area (Å²) in [7, 11) is 0. The standard InChI is InChI=1S/C16H25N3O/c1-13-8-4-5-9-15(13)20-14(2)12-18-16(17)19-10-6-3-7-11-19/h4-5,8-9,14H,3,6-7,10-12H2,1-2H3,(H2,17,18). The van der Waals surface area contributed by atoms with Crippen LogP contribution in [0.25, 0.3) is 0 Å². The number of guanidine groups is 1. The molecule has 4 nitrogen and oxygen atoms in total. The van der Waals surface area contributed by atoms with E-state index in [0.29, 0.717) is 12.5 Å². The Labute approximate surface area is 121 Å². The van der Waals surface area contributed by atoms with Crippen LogP contribution in [0.3, 0.4) is 0 Å². The van der Waals surface area contributed by atoms with Crippen molar-refractivity contribution in [3.63, 3.8) is 0 Å². The minimum atomic E-state index is 0.0273. The van der Waals surface area contributed by atoms with E-state index in [-0.39, 0.29) is 6.10 Å². The Morgan fingerprint density at radius 2 is 2.00 bits per heavy atom. The fraction of sp³-hybridized carbons (Fsp3) is 0.562. The SMILES string of the molecule is Cc1ccccc1OC(C)CN=C(N)N1CCCCC1. The number of hydrogen-bond donors (Lipinski definition) is 1. The minimum absolute atomic E-state index is 0.0273. The fourth-order valence-electron chi connectivity index (χ4n) is 2.39. The van der Waals surface area contributed by atoms with Crippen molar-refractivity contribution in [1.82, 2.24) is 4.90 Å². The molecular formula is C16H25N3O. The summed E-state index contributed by atoms with van der Waals surface area (Å²) in [6.07, 6.45) is 3.76. The molecule has 1 aliphatic rings. The monoisotopic (exact) mass is 275 g/mol. The zero-order valence-electron chi connectivity index (χ0n) is 12.5. The number of likely N-dealkylation sites (tertiary alicyclic amines) is 1. The summed E-state index contributed by atoms with van der Waals surface area (Å²) in [6, 6.07) is 8.04. The quantitative estimate of drug-likeness (QED) is 0.678. The van der Waals surface area contributed by atoms with Crippen LogP contribution >= 0.6 is 0 Å². The van der Waals surface area contributed by atoms with Crippen LogP contribution in [-0.2, 0) is 0 Å². The second-order valence-corrected chi connectivity index (χ2v) is 5.44. The van der Waals surface area contributed by atoms with Crippen molar-refractivity contribution < 1.29 is 4.74 Å². The van der Waals surface area contributed by atoms with Crippen LogP contribution in [0.15, 0.2) is 29.3 Å². The Hall–Kier alpha value is -1.71. The molecule has 1 unspecified atom stereocenters. The van der Waals surface area contributed by atoms with E-state index in [1.807, 2.05) is 38.1 Å². The molecule has 1 fully saturated rings. The second-order valence-electron chi connectivity index (χ2n) is 5.44. The van der Waals surface area contributed by atoms with E-state index in [9.17, 15) is 0 Å². The number of para-hydroxylation sites is 1. The largest absolute Gasteiger partial charge is 0.489 e. The predicted octanol–water partition coefficient (Wildman–Crippen LogP) is 2.56. The van der Waals surface area contributed by atoms with Gasteiger partial charge in [0.05, 0.1) is 6.54 Å². The number of hydrogen-bond acceptors (Lipinski definition) is 2. The molecule has 0 spiro atoms. The van der Waals surface area contributed by atoms with Gasteiger partial charge in [-0.05, 0) is 44.7 Å². The molecule has 0 amide bonds. The number of aliphatic imine (C=N–C) groups is 1. The first-order chi connectivity index (χ1) is 9.66. The van der Waals surface area contributed by atoms with E-state index >= 15 is 0 Å². The number of benzene rings is 1. The normalized spacial score (nSPS) is 17.9. The fourth-order valence-corrected chi connectivity index (χ4v) is 2.39. The highest BCUT2D eigenvalue weighted by atomic mass is 16.5. The van der Waals surface area contributed by atoms with Crippen molar-refractivity contribution in [2.75, 3.05) is 19.6 Å². The molecular weight excluding hydrogens is 250 g/mol. The van der Waals surface area contributed by atoms with E-state index in [2.05, 4.69) is 9.89 Å². The lowest BCUT2D eigenvalue weighted by Crippen LogP contribution is -2.41. The van der Waals surface area contributed by atoms with Crippen molar-refractivity contribution in [3.8, 4) is 5.75 Å². The van der Waals surface area contributed by atoms with Gasteiger partial charge in [-0.3, -0.25) is 0 Å². The predicted molar refractivity (Wildman–Crippen MR) is 83.2 cm³/mol. The summed E-state index contributed by atoms with van der Waals surface area (Å²) < 4.78 is 5.90. The number of nitrogens with two attached hydrogens (primary N) is 1. The lowest BCUT2D eigenvalue weighted by Gasteiger charge is -2.27. The van der Waals surface area contributed by atoms with E-state index in [1.165, 1.54) is 19.3 Å². The third kappa shape index (κ3) is 4.15. The third-order valence-corrected chi connectivity index (χ3v) is 3.61. The van der Waals surface area contributed by atoms with E-state index in [4.69, 9.17) is 10.5 Å². The van der Waals surface area contributed by atoms with Crippen LogP contribution in [0.4, 0.5) is 0 Å². The molecule has 20 heavy (non-hydrogen) atoms. The summed E-state index contributed by atoms with van der Waals surface area (Å²) in [5, 5.41) is 0. The molecule has 0 bridgehead atoms. The molecule has 1 aromatic rings. The molecule has 2 N–H and O–H groups in total.